The summed E-state index contributed by atoms with van der Waals surface area (Å²) in [5.41, 5.74) is 5.76. The van der Waals surface area contributed by atoms with Gasteiger partial charge in [0.1, 0.15) is 5.69 Å². The maximum atomic E-state index is 6.01. The van der Waals surface area contributed by atoms with Crippen molar-refractivity contribution < 1.29 is 0 Å². The Kier molecular flexibility index (Phi) is 4.23. The number of hydrogen-bond acceptors (Lipinski definition) is 8. The molecule has 4 aromatic heterocycles. The number of aryl methyl sites for hydroxylation is 1. The van der Waals surface area contributed by atoms with Crippen LogP contribution in [0.15, 0.2) is 60.7 Å². The van der Waals surface area contributed by atoms with E-state index in [1.165, 1.54) is 4.68 Å². The Labute approximate surface area is 191 Å². The van der Waals surface area contributed by atoms with Gasteiger partial charge in [0.25, 0.3) is 0 Å². The normalized spacial score (nSPS) is 11.4. The van der Waals surface area contributed by atoms with Gasteiger partial charge in [0, 0.05) is 11.1 Å². The van der Waals surface area contributed by atoms with Crippen molar-refractivity contribution in [1.29, 1.82) is 0 Å². The summed E-state index contributed by atoms with van der Waals surface area (Å²) in [5, 5.41) is 30.2. The van der Waals surface area contributed by atoms with E-state index in [1.807, 2.05) is 67.6 Å². The molecule has 0 aliphatic carbocycles. The van der Waals surface area contributed by atoms with Crippen LogP contribution < -0.4 is 5.84 Å². The molecular formula is C22H16N10S. The highest BCUT2D eigenvalue weighted by molar-refractivity contribution is 7.71. The first-order valence-electron chi connectivity index (χ1n) is 10.1. The van der Waals surface area contributed by atoms with Crippen LogP contribution in [-0.4, -0.2) is 44.9 Å². The van der Waals surface area contributed by atoms with Crippen molar-refractivity contribution in [3.63, 3.8) is 0 Å². The van der Waals surface area contributed by atoms with Crippen molar-refractivity contribution >= 4 is 28.9 Å². The fraction of sp³-hybridized carbons (Fsp3) is 0.0455. The molecule has 2 aromatic carbocycles. The standard InChI is InChI=1S/C22H16N10S/c1-12-17(21-28-29-22(33)31(21)23)24-27-20-16-15(13-8-4-2-5-9-13)18(14-10-6-3-7-11-14)25-26-19(16)30-32(12)20/h2-11H,23H2,1H3,(H,29,33). The van der Waals surface area contributed by atoms with Crippen molar-refractivity contribution in [2.24, 2.45) is 0 Å². The zero-order valence-corrected chi connectivity index (χ0v) is 18.2. The lowest BCUT2D eigenvalue weighted by atomic mass is 9.97. The lowest BCUT2D eigenvalue weighted by molar-refractivity contribution is 0.844. The van der Waals surface area contributed by atoms with Gasteiger partial charge in [0.2, 0.25) is 16.2 Å². The average molecular weight is 453 g/mol. The van der Waals surface area contributed by atoms with E-state index in [0.717, 1.165) is 27.8 Å². The van der Waals surface area contributed by atoms with E-state index >= 15 is 0 Å². The SMILES string of the molecule is Cc1c(-c2n[nH]c(=S)n2N)nnc2c3c(-c4ccccc4)c(-c4ccccc4)nnc3nn12. The van der Waals surface area contributed by atoms with Crippen LogP contribution in [0.2, 0.25) is 0 Å². The summed E-state index contributed by atoms with van der Waals surface area (Å²) in [6.07, 6.45) is 0. The maximum Gasteiger partial charge on any atom is 0.214 e. The van der Waals surface area contributed by atoms with Gasteiger partial charge in [-0.3, -0.25) is 0 Å². The van der Waals surface area contributed by atoms with Crippen LogP contribution in [0.3, 0.4) is 0 Å². The number of rotatable bonds is 3. The quantitative estimate of drug-likeness (QED) is 0.309. The summed E-state index contributed by atoms with van der Waals surface area (Å²) in [6.45, 7) is 1.87. The molecule has 0 spiro atoms. The molecule has 11 heteroatoms. The third-order valence-corrected chi connectivity index (χ3v) is 5.79. The number of nitrogens with two attached hydrogens (primary N) is 1. The van der Waals surface area contributed by atoms with E-state index < -0.39 is 0 Å². The Morgan fingerprint density at radius 1 is 0.848 bits per heavy atom. The minimum Gasteiger partial charge on any atom is -0.335 e. The van der Waals surface area contributed by atoms with E-state index in [4.69, 9.17) is 18.1 Å². The van der Waals surface area contributed by atoms with Crippen LogP contribution in [-0.2, 0) is 0 Å². The van der Waals surface area contributed by atoms with Crippen molar-refractivity contribution in [3.8, 4) is 33.9 Å². The molecule has 6 rings (SSSR count). The molecule has 0 saturated heterocycles. The molecule has 0 bridgehead atoms. The second-order valence-electron chi connectivity index (χ2n) is 7.45. The Morgan fingerprint density at radius 2 is 1.52 bits per heavy atom. The summed E-state index contributed by atoms with van der Waals surface area (Å²) < 4.78 is 3.23. The van der Waals surface area contributed by atoms with E-state index in [0.29, 0.717) is 28.5 Å². The highest BCUT2D eigenvalue weighted by atomic mass is 32.1. The van der Waals surface area contributed by atoms with Gasteiger partial charge in [-0.15, -0.1) is 25.5 Å². The van der Waals surface area contributed by atoms with Crippen LogP contribution in [0.25, 0.3) is 50.6 Å². The molecule has 0 aliphatic rings. The summed E-state index contributed by atoms with van der Waals surface area (Å²) in [4.78, 5) is 0. The van der Waals surface area contributed by atoms with E-state index in [-0.39, 0.29) is 4.77 Å². The minimum absolute atomic E-state index is 0.279. The number of aromatic amines is 1. The van der Waals surface area contributed by atoms with E-state index in [2.05, 4.69) is 35.7 Å². The molecular weight excluding hydrogens is 436 g/mol. The van der Waals surface area contributed by atoms with Crippen molar-refractivity contribution in [1.82, 2.24) is 44.9 Å². The molecule has 0 fully saturated rings. The fourth-order valence-corrected chi connectivity index (χ4v) is 4.05. The average Bonchev–Trinajstić information content (AvgIpc) is 3.40. The van der Waals surface area contributed by atoms with E-state index in [1.54, 1.807) is 4.52 Å². The largest absolute Gasteiger partial charge is 0.335 e. The molecule has 4 heterocycles. The van der Waals surface area contributed by atoms with Gasteiger partial charge in [0.05, 0.1) is 11.1 Å². The summed E-state index contributed by atoms with van der Waals surface area (Å²) in [5.74, 6) is 6.37. The topological polar surface area (TPSA) is 128 Å². The van der Waals surface area contributed by atoms with Gasteiger partial charge < -0.3 is 5.84 Å². The van der Waals surface area contributed by atoms with Gasteiger partial charge >= 0.3 is 0 Å². The molecule has 10 nitrogen and oxygen atoms in total. The van der Waals surface area contributed by atoms with Crippen molar-refractivity contribution in [3.05, 3.63) is 71.1 Å². The third-order valence-electron chi connectivity index (χ3n) is 5.51. The number of fused-ring (bicyclic) bond motifs is 3. The Morgan fingerprint density at radius 3 is 2.18 bits per heavy atom. The monoisotopic (exact) mass is 452 g/mol. The first kappa shape index (κ1) is 19.2. The molecule has 33 heavy (non-hydrogen) atoms. The second-order valence-corrected chi connectivity index (χ2v) is 7.83. The van der Waals surface area contributed by atoms with Crippen LogP contribution in [0.1, 0.15) is 5.69 Å². The Bertz CT molecular complexity index is 1700. The van der Waals surface area contributed by atoms with E-state index in [9.17, 15) is 0 Å². The van der Waals surface area contributed by atoms with Gasteiger partial charge in [-0.25, -0.2) is 14.3 Å². The molecule has 0 amide bonds. The van der Waals surface area contributed by atoms with Crippen molar-refractivity contribution in [2.45, 2.75) is 6.92 Å². The maximum absolute atomic E-state index is 6.01. The molecule has 0 saturated carbocycles. The molecule has 0 aliphatic heterocycles. The highest BCUT2D eigenvalue weighted by Crippen LogP contribution is 2.37. The highest BCUT2D eigenvalue weighted by Gasteiger charge is 2.23. The molecule has 0 atom stereocenters. The summed E-state index contributed by atoms with van der Waals surface area (Å²) in [6, 6.07) is 19.9. The molecule has 0 unspecified atom stereocenters. The number of H-pyrrole nitrogens is 1. The molecule has 160 valence electrons. The lowest BCUT2D eigenvalue weighted by Crippen LogP contribution is -2.13. The first-order chi connectivity index (χ1) is 16.1. The Hall–Kier alpha value is -4.51. The smallest absolute Gasteiger partial charge is 0.214 e. The van der Waals surface area contributed by atoms with Crippen LogP contribution in [0.4, 0.5) is 0 Å². The first-order valence-corrected chi connectivity index (χ1v) is 10.5. The second kappa shape index (κ2) is 7.28. The van der Waals surface area contributed by atoms with Gasteiger partial charge in [0.15, 0.2) is 11.3 Å². The zero-order chi connectivity index (χ0) is 22.5. The van der Waals surface area contributed by atoms with Gasteiger partial charge in [-0.1, -0.05) is 60.7 Å². The van der Waals surface area contributed by atoms with Gasteiger partial charge in [-0.05, 0) is 24.7 Å². The number of nitrogen functional groups attached to an aromatic ring is 1. The van der Waals surface area contributed by atoms with Crippen molar-refractivity contribution in [2.75, 3.05) is 5.84 Å². The molecule has 0 radical (unpaired) electrons. The number of benzene rings is 2. The third kappa shape index (κ3) is 2.90. The number of nitrogens with zero attached hydrogens (tertiary/aromatic N) is 8. The van der Waals surface area contributed by atoms with Crippen LogP contribution in [0, 0.1) is 11.7 Å². The predicted molar refractivity (Wildman–Crippen MR) is 126 cm³/mol. The summed E-state index contributed by atoms with van der Waals surface area (Å²) in [7, 11) is 0. The fourth-order valence-electron chi connectivity index (χ4n) is 3.92. The minimum atomic E-state index is 0.279. The Balaban J connectivity index is 1.71. The van der Waals surface area contributed by atoms with Crippen LogP contribution >= 0.6 is 12.2 Å². The molecule has 6 aromatic rings. The van der Waals surface area contributed by atoms with Gasteiger partial charge in [-0.2, -0.15) is 5.10 Å². The molecule has 3 N–H and O–H groups in total. The van der Waals surface area contributed by atoms with Crippen LogP contribution in [0.5, 0.6) is 0 Å². The lowest BCUT2D eigenvalue weighted by Gasteiger charge is -2.10. The number of aromatic nitrogens is 9. The summed E-state index contributed by atoms with van der Waals surface area (Å²) >= 11 is 5.13. The number of nitrogens with one attached hydrogen (secondary N) is 1. The number of hydrogen-bond donors (Lipinski definition) is 2. The predicted octanol–water partition coefficient (Wildman–Crippen LogP) is 3.34. The zero-order valence-electron chi connectivity index (χ0n) is 17.3.